The van der Waals surface area contributed by atoms with Crippen molar-refractivity contribution in [3.05, 3.63) is 35.4 Å². The van der Waals surface area contributed by atoms with Crippen LogP contribution in [0.4, 0.5) is 0 Å². The van der Waals surface area contributed by atoms with Gasteiger partial charge in [0, 0.05) is 0 Å². The summed E-state index contributed by atoms with van der Waals surface area (Å²) in [5, 5.41) is 17.4. The standard InChI is InChI=1S/C11H14O2/c12-11(13)6-5-9-7-8-3-1-2-4-10(8)9/h1-4,9,11-13H,5-7H2. The summed E-state index contributed by atoms with van der Waals surface area (Å²) in [6.07, 6.45) is 1.32. The number of fused-ring (bicyclic) bond motifs is 1. The molecule has 1 aromatic rings. The van der Waals surface area contributed by atoms with Gasteiger partial charge >= 0.3 is 0 Å². The first-order valence-corrected chi connectivity index (χ1v) is 4.71. The molecule has 70 valence electrons. The molecule has 0 aliphatic heterocycles. The summed E-state index contributed by atoms with van der Waals surface area (Å²) in [6.45, 7) is 0. The van der Waals surface area contributed by atoms with Crippen LogP contribution in [0.15, 0.2) is 24.3 Å². The van der Waals surface area contributed by atoms with E-state index in [2.05, 4.69) is 18.2 Å². The van der Waals surface area contributed by atoms with Gasteiger partial charge in [-0.15, -0.1) is 0 Å². The quantitative estimate of drug-likeness (QED) is 0.687. The van der Waals surface area contributed by atoms with E-state index >= 15 is 0 Å². The van der Waals surface area contributed by atoms with Crippen LogP contribution in [0, 0.1) is 0 Å². The Morgan fingerprint density at radius 1 is 1.31 bits per heavy atom. The van der Waals surface area contributed by atoms with Crippen LogP contribution >= 0.6 is 0 Å². The van der Waals surface area contributed by atoms with E-state index in [1.807, 2.05) is 6.07 Å². The van der Waals surface area contributed by atoms with Crippen molar-refractivity contribution in [2.45, 2.75) is 31.5 Å². The van der Waals surface area contributed by atoms with Crippen molar-refractivity contribution >= 4 is 0 Å². The second-order valence-corrected chi connectivity index (χ2v) is 3.66. The SMILES string of the molecule is OC(O)CCC1Cc2ccccc21. The lowest BCUT2D eigenvalue weighted by Gasteiger charge is -2.30. The molecule has 0 fully saturated rings. The van der Waals surface area contributed by atoms with E-state index in [0.29, 0.717) is 12.3 Å². The van der Waals surface area contributed by atoms with Crippen molar-refractivity contribution in [3.63, 3.8) is 0 Å². The third-order valence-corrected chi connectivity index (χ3v) is 2.73. The highest BCUT2D eigenvalue weighted by Gasteiger charge is 2.25. The van der Waals surface area contributed by atoms with Gasteiger partial charge in [-0.1, -0.05) is 24.3 Å². The lowest BCUT2D eigenvalue weighted by Crippen LogP contribution is -2.18. The van der Waals surface area contributed by atoms with Crippen molar-refractivity contribution in [1.29, 1.82) is 0 Å². The van der Waals surface area contributed by atoms with Crippen LogP contribution in [0.25, 0.3) is 0 Å². The lowest BCUT2D eigenvalue weighted by atomic mass is 9.75. The second-order valence-electron chi connectivity index (χ2n) is 3.66. The van der Waals surface area contributed by atoms with Crippen molar-refractivity contribution in [1.82, 2.24) is 0 Å². The van der Waals surface area contributed by atoms with Crippen LogP contribution in [-0.2, 0) is 6.42 Å². The van der Waals surface area contributed by atoms with Crippen molar-refractivity contribution in [2.75, 3.05) is 0 Å². The molecule has 0 saturated heterocycles. The number of aliphatic hydroxyl groups is 2. The molecule has 1 unspecified atom stereocenters. The van der Waals surface area contributed by atoms with Gasteiger partial charge in [-0.3, -0.25) is 0 Å². The van der Waals surface area contributed by atoms with Crippen LogP contribution < -0.4 is 0 Å². The molecule has 1 aliphatic carbocycles. The Labute approximate surface area is 77.8 Å². The van der Waals surface area contributed by atoms with Gasteiger partial charge in [0.15, 0.2) is 6.29 Å². The van der Waals surface area contributed by atoms with Gasteiger partial charge in [0.05, 0.1) is 0 Å². The van der Waals surface area contributed by atoms with Gasteiger partial charge in [0.25, 0.3) is 0 Å². The normalized spacial score (nSPS) is 19.8. The first-order chi connectivity index (χ1) is 6.27. The largest absolute Gasteiger partial charge is 0.368 e. The van der Waals surface area contributed by atoms with E-state index in [1.165, 1.54) is 11.1 Å². The fraction of sp³-hybridized carbons (Fsp3) is 0.455. The van der Waals surface area contributed by atoms with Crippen LogP contribution in [0.3, 0.4) is 0 Å². The molecule has 1 aliphatic rings. The van der Waals surface area contributed by atoms with E-state index in [9.17, 15) is 0 Å². The summed E-state index contributed by atoms with van der Waals surface area (Å²) in [6, 6.07) is 8.37. The summed E-state index contributed by atoms with van der Waals surface area (Å²) in [5.74, 6) is 0.554. The third kappa shape index (κ3) is 1.74. The number of benzene rings is 1. The molecule has 2 rings (SSSR count). The summed E-state index contributed by atoms with van der Waals surface area (Å²) in [7, 11) is 0. The first-order valence-electron chi connectivity index (χ1n) is 4.71. The maximum atomic E-state index is 8.72. The van der Waals surface area contributed by atoms with Crippen LogP contribution in [0.5, 0.6) is 0 Å². The minimum atomic E-state index is -1.15. The van der Waals surface area contributed by atoms with Crippen molar-refractivity contribution < 1.29 is 10.2 Å². The number of aliphatic hydroxyl groups excluding tert-OH is 1. The Kier molecular flexibility index (Phi) is 2.34. The average molecular weight is 178 g/mol. The van der Waals surface area contributed by atoms with Crippen LogP contribution in [0.2, 0.25) is 0 Å². The highest BCUT2D eigenvalue weighted by molar-refractivity contribution is 5.39. The summed E-state index contributed by atoms with van der Waals surface area (Å²) in [5.41, 5.74) is 2.81. The van der Waals surface area contributed by atoms with Crippen molar-refractivity contribution in [3.8, 4) is 0 Å². The molecule has 0 saturated carbocycles. The van der Waals surface area contributed by atoms with Gasteiger partial charge in [0.2, 0.25) is 0 Å². The maximum absolute atomic E-state index is 8.72. The number of hydrogen-bond acceptors (Lipinski definition) is 2. The maximum Gasteiger partial charge on any atom is 0.151 e. The highest BCUT2D eigenvalue weighted by atomic mass is 16.5. The van der Waals surface area contributed by atoms with Crippen LogP contribution in [0.1, 0.15) is 29.9 Å². The van der Waals surface area contributed by atoms with E-state index in [1.54, 1.807) is 0 Å². The van der Waals surface area contributed by atoms with Crippen LogP contribution in [-0.4, -0.2) is 16.5 Å². The molecule has 1 atom stereocenters. The monoisotopic (exact) mass is 178 g/mol. The first kappa shape index (κ1) is 8.73. The van der Waals surface area contributed by atoms with E-state index in [-0.39, 0.29) is 0 Å². The molecule has 0 spiro atoms. The Morgan fingerprint density at radius 2 is 2.08 bits per heavy atom. The molecule has 13 heavy (non-hydrogen) atoms. The molecule has 2 nitrogen and oxygen atoms in total. The fourth-order valence-electron chi connectivity index (χ4n) is 1.97. The highest BCUT2D eigenvalue weighted by Crippen LogP contribution is 2.37. The molecule has 0 amide bonds. The molecule has 0 bridgehead atoms. The molecular formula is C11H14O2. The number of rotatable bonds is 3. The van der Waals surface area contributed by atoms with Crippen molar-refractivity contribution in [2.24, 2.45) is 0 Å². The molecule has 0 heterocycles. The number of hydrogen-bond donors (Lipinski definition) is 2. The zero-order chi connectivity index (χ0) is 9.26. The summed E-state index contributed by atoms with van der Waals surface area (Å²) in [4.78, 5) is 0. The second kappa shape index (κ2) is 3.48. The zero-order valence-electron chi connectivity index (χ0n) is 7.48. The van der Waals surface area contributed by atoms with Gasteiger partial charge in [-0.25, -0.2) is 0 Å². The molecular weight excluding hydrogens is 164 g/mol. The fourth-order valence-corrected chi connectivity index (χ4v) is 1.97. The lowest BCUT2D eigenvalue weighted by molar-refractivity contribution is -0.0477. The molecule has 2 N–H and O–H groups in total. The van der Waals surface area contributed by atoms with Gasteiger partial charge in [-0.05, 0) is 36.3 Å². The molecule has 0 aromatic heterocycles. The summed E-state index contributed by atoms with van der Waals surface area (Å²) < 4.78 is 0. The average Bonchev–Trinajstić information content (AvgIpc) is 2.06. The predicted octanol–water partition coefficient (Wildman–Crippen LogP) is 1.42. The molecule has 0 radical (unpaired) electrons. The molecule has 1 aromatic carbocycles. The van der Waals surface area contributed by atoms with E-state index in [0.717, 1.165) is 12.8 Å². The predicted molar refractivity (Wildman–Crippen MR) is 50.3 cm³/mol. The third-order valence-electron chi connectivity index (χ3n) is 2.73. The Bertz CT molecular complexity index is 294. The summed E-state index contributed by atoms with van der Waals surface area (Å²) >= 11 is 0. The van der Waals surface area contributed by atoms with E-state index in [4.69, 9.17) is 10.2 Å². The Hall–Kier alpha value is -0.860. The topological polar surface area (TPSA) is 40.5 Å². The van der Waals surface area contributed by atoms with E-state index < -0.39 is 6.29 Å². The minimum Gasteiger partial charge on any atom is -0.368 e. The van der Waals surface area contributed by atoms with Gasteiger partial charge in [-0.2, -0.15) is 0 Å². The Balaban J connectivity index is 1.94. The molecule has 2 heteroatoms. The Morgan fingerprint density at radius 3 is 2.77 bits per heavy atom. The minimum absolute atomic E-state index is 0.485. The van der Waals surface area contributed by atoms with Gasteiger partial charge in [0.1, 0.15) is 0 Å². The van der Waals surface area contributed by atoms with Gasteiger partial charge < -0.3 is 10.2 Å². The zero-order valence-corrected chi connectivity index (χ0v) is 7.48. The smallest absolute Gasteiger partial charge is 0.151 e.